The van der Waals surface area contributed by atoms with E-state index in [0.29, 0.717) is 6.42 Å². The molecule has 0 amide bonds. The number of ether oxygens (including phenoxy) is 1. The minimum atomic E-state index is -0.957. The highest BCUT2D eigenvalue weighted by atomic mass is 16.5. The first-order valence-electron chi connectivity index (χ1n) is 9.04. The topological polar surface area (TPSA) is 66.8 Å². The highest BCUT2D eigenvalue weighted by molar-refractivity contribution is 5.69. The molecule has 0 saturated heterocycles. The van der Waals surface area contributed by atoms with Crippen LogP contribution in [0.1, 0.15) is 84.5 Å². The maximum absolute atomic E-state index is 11.4. The third-order valence-electron chi connectivity index (χ3n) is 4.03. The average molecular weight is 316 g/mol. The van der Waals surface area contributed by atoms with Gasteiger partial charge in [0.15, 0.2) is 0 Å². The molecule has 4 nitrogen and oxygen atoms in total. The Labute approximate surface area is 136 Å². The van der Waals surface area contributed by atoms with Gasteiger partial charge in [-0.15, -0.1) is 0 Å². The Morgan fingerprint density at radius 1 is 1.00 bits per heavy atom. The second-order valence-corrected chi connectivity index (χ2v) is 6.43. The largest absolute Gasteiger partial charge is 0.463 e. The Balaban J connectivity index is 3.37. The van der Waals surface area contributed by atoms with Crippen molar-refractivity contribution in [2.75, 3.05) is 13.2 Å². The maximum atomic E-state index is 11.4. The maximum Gasteiger partial charge on any atom is 0.305 e. The summed E-state index contributed by atoms with van der Waals surface area (Å²) in [5.41, 5.74) is 0. The smallest absolute Gasteiger partial charge is 0.305 e. The summed E-state index contributed by atoms with van der Waals surface area (Å²) in [6.07, 6.45) is 11.9. The van der Waals surface area contributed by atoms with E-state index >= 15 is 0 Å². The number of carbonyl (C=O) groups excluding carboxylic acids is 1. The van der Waals surface area contributed by atoms with Crippen LogP contribution in [-0.2, 0) is 9.53 Å². The van der Waals surface area contributed by atoms with Crippen molar-refractivity contribution in [2.24, 2.45) is 5.92 Å². The van der Waals surface area contributed by atoms with Gasteiger partial charge in [0.1, 0.15) is 12.7 Å². The van der Waals surface area contributed by atoms with E-state index in [2.05, 4.69) is 13.8 Å². The van der Waals surface area contributed by atoms with Crippen LogP contribution in [0, 0.1) is 5.92 Å². The molecule has 0 fully saturated rings. The van der Waals surface area contributed by atoms with Crippen LogP contribution in [0.4, 0.5) is 0 Å². The third-order valence-corrected chi connectivity index (χ3v) is 4.03. The minimum Gasteiger partial charge on any atom is -0.463 e. The molecule has 0 aromatic carbocycles. The summed E-state index contributed by atoms with van der Waals surface area (Å²) in [6.45, 7) is 4.06. The number of rotatable bonds is 15. The summed E-state index contributed by atoms with van der Waals surface area (Å²) in [7, 11) is 0. The number of carbonyl (C=O) groups is 1. The lowest BCUT2D eigenvalue weighted by Crippen LogP contribution is -2.21. The fraction of sp³-hybridized carbons (Fsp3) is 0.944. The molecule has 0 aliphatic rings. The lowest BCUT2D eigenvalue weighted by Gasteiger charge is -2.11. The van der Waals surface area contributed by atoms with E-state index in [9.17, 15) is 4.79 Å². The molecule has 0 aliphatic heterocycles. The number of hydrogen-bond donors (Lipinski definition) is 2. The van der Waals surface area contributed by atoms with Crippen molar-refractivity contribution in [2.45, 2.75) is 90.6 Å². The highest BCUT2D eigenvalue weighted by Crippen LogP contribution is 2.17. The zero-order valence-corrected chi connectivity index (χ0v) is 14.6. The van der Waals surface area contributed by atoms with Gasteiger partial charge in [0.05, 0.1) is 6.61 Å². The van der Waals surface area contributed by atoms with Crippen molar-refractivity contribution in [1.82, 2.24) is 0 Å². The van der Waals surface area contributed by atoms with Gasteiger partial charge in [-0.05, 0) is 12.3 Å². The summed E-state index contributed by atoms with van der Waals surface area (Å²) in [5.74, 6) is 0.453. The Kier molecular flexibility index (Phi) is 14.9. The van der Waals surface area contributed by atoms with Gasteiger partial charge in [-0.1, -0.05) is 71.6 Å². The van der Waals surface area contributed by atoms with Crippen molar-refractivity contribution < 1.29 is 19.7 Å². The summed E-state index contributed by atoms with van der Waals surface area (Å²) in [6, 6.07) is 0. The van der Waals surface area contributed by atoms with E-state index in [-0.39, 0.29) is 19.2 Å². The van der Waals surface area contributed by atoms with Gasteiger partial charge in [0, 0.05) is 6.42 Å². The van der Waals surface area contributed by atoms with Crippen molar-refractivity contribution in [1.29, 1.82) is 0 Å². The van der Waals surface area contributed by atoms with Gasteiger partial charge >= 0.3 is 5.97 Å². The van der Waals surface area contributed by atoms with Crippen LogP contribution in [0.3, 0.4) is 0 Å². The van der Waals surface area contributed by atoms with Crippen LogP contribution < -0.4 is 0 Å². The number of aliphatic hydroxyl groups excluding tert-OH is 2. The zero-order chi connectivity index (χ0) is 16.6. The Morgan fingerprint density at radius 2 is 1.59 bits per heavy atom. The van der Waals surface area contributed by atoms with E-state index in [1.165, 1.54) is 51.4 Å². The fourth-order valence-electron chi connectivity index (χ4n) is 2.49. The molecule has 0 rings (SSSR count). The fourth-order valence-corrected chi connectivity index (χ4v) is 2.49. The standard InChI is InChI=1S/C18H36O4/c1-3-4-5-6-7-8-11-16(2)12-9-10-13-18(21)22-15-17(20)14-19/h16-17,19-20H,3-15H2,1-2H3/t16-,17-/m1/s1. The van der Waals surface area contributed by atoms with E-state index in [1.807, 2.05) is 0 Å². The first-order valence-corrected chi connectivity index (χ1v) is 9.04. The quantitative estimate of drug-likeness (QED) is 0.356. The molecular weight excluding hydrogens is 280 g/mol. The van der Waals surface area contributed by atoms with Gasteiger partial charge in [0.25, 0.3) is 0 Å². The highest BCUT2D eigenvalue weighted by Gasteiger charge is 2.08. The lowest BCUT2D eigenvalue weighted by molar-refractivity contribution is -0.147. The van der Waals surface area contributed by atoms with Crippen molar-refractivity contribution in [3.63, 3.8) is 0 Å². The van der Waals surface area contributed by atoms with Crippen LogP contribution in [-0.4, -0.2) is 35.5 Å². The van der Waals surface area contributed by atoms with Crippen LogP contribution in [0.5, 0.6) is 0 Å². The van der Waals surface area contributed by atoms with Gasteiger partial charge in [-0.3, -0.25) is 4.79 Å². The number of unbranched alkanes of at least 4 members (excludes halogenated alkanes) is 6. The molecule has 0 spiro atoms. The Morgan fingerprint density at radius 3 is 2.23 bits per heavy atom. The predicted octanol–water partition coefficient (Wildman–Crippen LogP) is 3.83. The van der Waals surface area contributed by atoms with Crippen molar-refractivity contribution in [3.8, 4) is 0 Å². The lowest BCUT2D eigenvalue weighted by atomic mass is 9.96. The molecule has 4 heteroatoms. The van der Waals surface area contributed by atoms with Crippen LogP contribution in [0.25, 0.3) is 0 Å². The van der Waals surface area contributed by atoms with Gasteiger partial charge < -0.3 is 14.9 Å². The number of esters is 1. The molecule has 22 heavy (non-hydrogen) atoms. The molecule has 2 atom stereocenters. The molecule has 132 valence electrons. The molecule has 0 aromatic rings. The summed E-state index contributed by atoms with van der Waals surface area (Å²) >= 11 is 0. The molecular formula is C18H36O4. The summed E-state index contributed by atoms with van der Waals surface area (Å²) in [5, 5.41) is 17.7. The molecule has 0 saturated carbocycles. The molecule has 0 heterocycles. The predicted molar refractivity (Wildman–Crippen MR) is 89.7 cm³/mol. The first kappa shape index (κ1) is 21.4. The molecule has 0 aliphatic carbocycles. The second kappa shape index (κ2) is 15.3. The normalized spacial score (nSPS) is 13.8. The summed E-state index contributed by atoms with van der Waals surface area (Å²) in [4.78, 5) is 11.4. The van der Waals surface area contributed by atoms with E-state index in [4.69, 9.17) is 14.9 Å². The number of hydrogen-bond acceptors (Lipinski definition) is 4. The first-order chi connectivity index (χ1) is 10.6. The minimum absolute atomic E-state index is 0.107. The van der Waals surface area contributed by atoms with Crippen molar-refractivity contribution in [3.05, 3.63) is 0 Å². The van der Waals surface area contributed by atoms with Crippen LogP contribution in [0.2, 0.25) is 0 Å². The second-order valence-electron chi connectivity index (χ2n) is 6.43. The van der Waals surface area contributed by atoms with E-state index in [0.717, 1.165) is 18.8 Å². The van der Waals surface area contributed by atoms with Crippen molar-refractivity contribution >= 4 is 5.97 Å². The molecule has 2 N–H and O–H groups in total. The molecule has 0 unspecified atom stereocenters. The van der Waals surface area contributed by atoms with Gasteiger partial charge in [-0.2, -0.15) is 0 Å². The van der Waals surface area contributed by atoms with Crippen LogP contribution in [0.15, 0.2) is 0 Å². The summed E-state index contributed by atoms with van der Waals surface area (Å²) < 4.78 is 4.86. The average Bonchev–Trinajstić information content (AvgIpc) is 2.52. The molecule has 0 bridgehead atoms. The Bertz CT molecular complexity index is 255. The monoisotopic (exact) mass is 316 g/mol. The van der Waals surface area contributed by atoms with Crippen LogP contribution >= 0.6 is 0 Å². The van der Waals surface area contributed by atoms with E-state index in [1.54, 1.807) is 0 Å². The zero-order valence-electron chi connectivity index (χ0n) is 14.6. The Hall–Kier alpha value is -0.610. The SMILES string of the molecule is CCCCCCCC[C@@H](C)CCCCC(=O)OC[C@H](O)CO. The molecule has 0 aromatic heterocycles. The van der Waals surface area contributed by atoms with Gasteiger partial charge in [0.2, 0.25) is 0 Å². The van der Waals surface area contributed by atoms with Gasteiger partial charge in [-0.25, -0.2) is 0 Å². The third kappa shape index (κ3) is 14.3. The van der Waals surface area contributed by atoms with E-state index < -0.39 is 6.10 Å². The number of aliphatic hydroxyl groups is 2. The molecule has 0 radical (unpaired) electrons.